The lowest BCUT2D eigenvalue weighted by Crippen LogP contribution is -2.30. The number of hydrogen-bond donors (Lipinski definition) is 3. The highest BCUT2D eigenvalue weighted by Gasteiger charge is 2.10. The molecule has 3 aromatic rings. The van der Waals surface area contributed by atoms with Crippen molar-refractivity contribution >= 4 is 50.5 Å². The Balaban J connectivity index is 1.48. The van der Waals surface area contributed by atoms with Gasteiger partial charge in [0.05, 0.1) is 5.56 Å². The maximum atomic E-state index is 13.7. The molecule has 3 N–H and O–H groups in total. The highest BCUT2D eigenvalue weighted by molar-refractivity contribution is 9.10. The standard InChI is InChI=1S/C22H19BrFN3OS/c23-19-7-3-1-5-15(19)13-14-25-22(29)27-17-11-9-16(10-12-17)26-21(28)18-6-2-4-8-20(18)24/h1-12H,13-14H2,(H,26,28)(H2,25,27,29). The summed E-state index contributed by atoms with van der Waals surface area (Å²) < 4.78 is 14.8. The highest BCUT2D eigenvalue weighted by Crippen LogP contribution is 2.17. The molecular formula is C22H19BrFN3OS. The van der Waals surface area contributed by atoms with E-state index < -0.39 is 11.7 Å². The Bertz CT molecular complexity index is 1010. The van der Waals surface area contributed by atoms with Crippen molar-refractivity contribution in [1.82, 2.24) is 5.32 Å². The van der Waals surface area contributed by atoms with E-state index in [2.05, 4.69) is 37.9 Å². The number of carbonyl (C=O) groups is 1. The molecule has 0 aliphatic heterocycles. The molecule has 0 aromatic heterocycles. The molecule has 0 aliphatic rings. The Morgan fingerprint density at radius 2 is 1.52 bits per heavy atom. The predicted molar refractivity (Wildman–Crippen MR) is 123 cm³/mol. The maximum Gasteiger partial charge on any atom is 0.258 e. The summed E-state index contributed by atoms with van der Waals surface area (Å²) in [5, 5.41) is 9.46. The molecule has 0 saturated carbocycles. The number of rotatable bonds is 6. The first-order valence-electron chi connectivity index (χ1n) is 8.97. The van der Waals surface area contributed by atoms with Gasteiger partial charge in [0.25, 0.3) is 5.91 Å². The zero-order valence-electron chi connectivity index (χ0n) is 15.4. The molecule has 1 amide bonds. The Hall–Kier alpha value is -2.77. The summed E-state index contributed by atoms with van der Waals surface area (Å²) in [6.45, 7) is 0.700. The molecule has 0 saturated heterocycles. The predicted octanol–water partition coefficient (Wildman–Crippen LogP) is 5.37. The molecule has 3 aromatic carbocycles. The molecule has 0 aliphatic carbocycles. The zero-order chi connectivity index (χ0) is 20.6. The van der Waals surface area contributed by atoms with Crippen LogP contribution in [-0.2, 0) is 6.42 Å². The molecular weight excluding hydrogens is 453 g/mol. The normalized spacial score (nSPS) is 10.3. The van der Waals surface area contributed by atoms with Crippen molar-refractivity contribution in [2.45, 2.75) is 6.42 Å². The maximum absolute atomic E-state index is 13.7. The molecule has 0 heterocycles. The Kier molecular flexibility index (Phi) is 7.32. The Morgan fingerprint density at radius 3 is 2.21 bits per heavy atom. The number of benzene rings is 3. The highest BCUT2D eigenvalue weighted by atomic mass is 79.9. The fourth-order valence-electron chi connectivity index (χ4n) is 2.67. The van der Waals surface area contributed by atoms with E-state index in [0.717, 1.165) is 16.6 Å². The summed E-state index contributed by atoms with van der Waals surface area (Å²) in [5.41, 5.74) is 2.56. The average Bonchev–Trinajstić information content (AvgIpc) is 2.71. The van der Waals surface area contributed by atoms with Crippen molar-refractivity contribution < 1.29 is 9.18 Å². The number of carbonyl (C=O) groups excluding carboxylic acids is 1. The van der Waals surface area contributed by atoms with E-state index in [1.807, 2.05) is 18.2 Å². The average molecular weight is 472 g/mol. The van der Waals surface area contributed by atoms with Gasteiger partial charge in [-0.15, -0.1) is 0 Å². The van der Waals surface area contributed by atoms with Crippen molar-refractivity contribution in [2.24, 2.45) is 0 Å². The molecule has 0 radical (unpaired) electrons. The van der Waals surface area contributed by atoms with E-state index in [4.69, 9.17) is 12.2 Å². The van der Waals surface area contributed by atoms with Gasteiger partial charge in [0.1, 0.15) is 5.82 Å². The first-order chi connectivity index (χ1) is 14.0. The Labute approximate surface area is 182 Å². The first-order valence-corrected chi connectivity index (χ1v) is 10.2. The van der Waals surface area contributed by atoms with Crippen LogP contribution in [0.25, 0.3) is 0 Å². The van der Waals surface area contributed by atoms with Gasteiger partial charge in [-0.2, -0.15) is 0 Å². The molecule has 148 valence electrons. The second-order valence-electron chi connectivity index (χ2n) is 6.23. The number of hydrogen-bond acceptors (Lipinski definition) is 2. The minimum atomic E-state index is -0.553. The first kappa shape index (κ1) is 21.0. The van der Waals surface area contributed by atoms with Gasteiger partial charge in [0.15, 0.2) is 5.11 Å². The van der Waals surface area contributed by atoms with Crippen molar-refractivity contribution in [3.63, 3.8) is 0 Å². The number of anilines is 2. The van der Waals surface area contributed by atoms with E-state index >= 15 is 0 Å². The smallest absolute Gasteiger partial charge is 0.258 e. The van der Waals surface area contributed by atoms with Gasteiger partial charge in [-0.25, -0.2) is 4.39 Å². The van der Waals surface area contributed by atoms with Crippen LogP contribution in [0.3, 0.4) is 0 Å². The largest absolute Gasteiger partial charge is 0.362 e. The molecule has 29 heavy (non-hydrogen) atoms. The number of amides is 1. The van der Waals surface area contributed by atoms with Crippen LogP contribution in [-0.4, -0.2) is 17.6 Å². The van der Waals surface area contributed by atoms with Crippen LogP contribution >= 0.6 is 28.1 Å². The third kappa shape index (κ3) is 6.10. The van der Waals surface area contributed by atoms with Crippen LogP contribution in [0.15, 0.2) is 77.3 Å². The minimum absolute atomic E-state index is 0.00475. The number of thiocarbonyl (C=S) groups is 1. The van der Waals surface area contributed by atoms with Crippen LogP contribution in [0.5, 0.6) is 0 Å². The van der Waals surface area contributed by atoms with Gasteiger partial charge in [-0.05, 0) is 66.7 Å². The van der Waals surface area contributed by atoms with Crippen molar-refractivity contribution in [3.8, 4) is 0 Å². The SMILES string of the molecule is O=C(Nc1ccc(NC(=S)NCCc2ccccc2Br)cc1)c1ccccc1F. The lowest BCUT2D eigenvalue weighted by atomic mass is 10.1. The molecule has 0 spiro atoms. The molecule has 7 heteroatoms. The number of nitrogens with one attached hydrogen (secondary N) is 3. The van der Waals surface area contributed by atoms with Crippen molar-refractivity contribution in [2.75, 3.05) is 17.2 Å². The molecule has 0 atom stereocenters. The van der Waals surface area contributed by atoms with Gasteiger partial charge in [-0.1, -0.05) is 46.3 Å². The van der Waals surface area contributed by atoms with Crippen LogP contribution in [0.4, 0.5) is 15.8 Å². The third-order valence-corrected chi connectivity index (χ3v) is 5.18. The summed E-state index contributed by atoms with van der Waals surface area (Å²) >= 11 is 8.85. The van der Waals surface area contributed by atoms with E-state index in [1.54, 1.807) is 36.4 Å². The summed E-state index contributed by atoms with van der Waals surface area (Å²) in [7, 11) is 0. The van der Waals surface area contributed by atoms with E-state index in [9.17, 15) is 9.18 Å². The minimum Gasteiger partial charge on any atom is -0.362 e. The Morgan fingerprint density at radius 1 is 0.897 bits per heavy atom. The molecule has 4 nitrogen and oxygen atoms in total. The van der Waals surface area contributed by atoms with Gasteiger partial charge >= 0.3 is 0 Å². The third-order valence-electron chi connectivity index (χ3n) is 4.16. The van der Waals surface area contributed by atoms with E-state index in [-0.39, 0.29) is 5.56 Å². The van der Waals surface area contributed by atoms with Gasteiger partial charge < -0.3 is 16.0 Å². The van der Waals surface area contributed by atoms with E-state index in [0.29, 0.717) is 17.3 Å². The lowest BCUT2D eigenvalue weighted by Gasteiger charge is -2.12. The fourth-order valence-corrected chi connectivity index (χ4v) is 3.37. The molecule has 3 rings (SSSR count). The van der Waals surface area contributed by atoms with E-state index in [1.165, 1.54) is 17.7 Å². The molecule has 0 unspecified atom stereocenters. The van der Waals surface area contributed by atoms with Gasteiger partial charge in [0.2, 0.25) is 0 Å². The quantitative estimate of drug-likeness (QED) is 0.423. The van der Waals surface area contributed by atoms with Crippen LogP contribution in [0.1, 0.15) is 15.9 Å². The monoisotopic (exact) mass is 471 g/mol. The van der Waals surface area contributed by atoms with Crippen LogP contribution in [0.2, 0.25) is 0 Å². The summed E-state index contributed by atoms with van der Waals surface area (Å²) in [5.74, 6) is -1.05. The topological polar surface area (TPSA) is 53.2 Å². The summed E-state index contributed by atoms with van der Waals surface area (Å²) in [6, 6.07) is 21.0. The van der Waals surface area contributed by atoms with Crippen molar-refractivity contribution in [1.29, 1.82) is 0 Å². The second-order valence-corrected chi connectivity index (χ2v) is 7.50. The molecule has 0 bridgehead atoms. The zero-order valence-corrected chi connectivity index (χ0v) is 17.8. The van der Waals surface area contributed by atoms with Gasteiger partial charge in [-0.3, -0.25) is 4.79 Å². The lowest BCUT2D eigenvalue weighted by molar-refractivity contribution is 0.102. The number of halogens is 2. The van der Waals surface area contributed by atoms with Crippen LogP contribution in [0, 0.1) is 5.82 Å². The van der Waals surface area contributed by atoms with Crippen molar-refractivity contribution in [3.05, 3.63) is 94.2 Å². The fraction of sp³-hybridized carbons (Fsp3) is 0.0909. The molecule has 0 fully saturated rings. The van der Waals surface area contributed by atoms with Crippen LogP contribution < -0.4 is 16.0 Å². The van der Waals surface area contributed by atoms with Gasteiger partial charge in [0, 0.05) is 22.4 Å². The summed E-state index contributed by atoms with van der Waals surface area (Å²) in [4.78, 5) is 12.2. The second kappa shape index (κ2) is 10.1. The summed E-state index contributed by atoms with van der Waals surface area (Å²) in [6.07, 6.45) is 0.838.